The number of hydrogen-bond acceptors (Lipinski definition) is 3. The summed E-state index contributed by atoms with van der Waals surface area (Å²) in [6, 6.07) is 1.29. The van der Waals surface area contributed by atoms with Gasteiger partial charge < -0.3 is 4.98 Å². The Balaban J connectivity index is 2.83. The van der Waals surface area contributed by atoms with E-state index in [0.717, 1.165) is 19.3 Å². The van der Waals surface area contributed by atoms with Crippen molar-refractivity contribution in [1.82, 2.24) is 9.71 Å². The van der Waals surface area contributed by atoms with Gasteiger partial charge in [0.05, 0.1) is 0 Å². The zero-order valence-electron chi connectivity index (χ0n) is 9.49. The number of unbranched alkanes of at least 4 members (excludes halogenated alkanes) is 2. The molecule has 17 heavy (non-hydrogen) atoms. The molecule has 5 nitrogen and oxygen atoms in total. The highest BCUT2D eigenvalue weighted by Gasteiger charge is 2.17. The van der Waals surface area contributed by atoms with Gasteiger partial charge in [-0.15, -0.1) is 0 Å². The van der Waals surface area contributed by atoms with Crippen LogP contribution in [-0.4, -0.2) is 19.9 Å². The summed E-state index contributed by atoms with van der Waals surface area (Å²) in [5.74, 6) is 0. The lowest BCUT2D eigenvalue weighted by atomic mass is 10.3. The zero-order chi connectivity index (χ0) is 12.9. The summed E-state index contributed by atoms with van der Waals surface area (Å²) in [7, 11) is -3.72. The molecule has 0 aromatic carbocycles. The highest BCUT2D eigenvalue weighted by atomic mass is 79.9. The van der Waals surface area contributed by atoms with Gasteiger partial charge in [-0.1, -0.05) is 19.8 Å². The molecular formula is C10H15BrN2O3S. The van der Waals surface area contributed by atoms with E-state index in [4.69, 9.17) is 0 Å². The second-order valence-electron chi connectivity index (χ2n) is 3.62. The minimum absolute atomic E-state index is 0.261. The van der Waals surface area contributed by atoms with E-state index in [1.54, 1.807) is 0 Å². The molecule has 0 unspecified atom stereocenters. The van der Waals surface area contributed by atoms with Crippen LogP contribution in [0.1, 0.15) is 26.2 Å². The standard InChI is InChI=1S/C10H15BrN2O3S/c1-2-3-4-5-13-17(15,16)9-6-8(11)7-12-10(9)14/h6-7,13H,2-5H2,1H3,(H,12,14). The van der Waals surface area contributed by atoms with Crippen molar-refractivity contribution in [3.63, 3.8) is 0 Å². The molecular weight excluding hydrogens is 308 g/mol. The van der Waals surface area contributed by atoms with Gasteiger partial charge >= 0.3 is 0 Å². The molecule has 1 aromatic rings. The van der Waals surface area contributed by atoms with Crippen LogP contribution < -0.4 is 10.3 Å². The number of aromatic amines is 1. The maximum Gasteiger partial charge on any atom is 0.268 e. The molecule has 0 aliphatic heterocycles. The Morgan fingerprint density at radius 3 is 2.76 bits per heavy atom. The molecule has 7 heteroatoms. The van der Waals surface area contributed by atoms with Gasteiger partial charge in [0.25, 0.3) is 5.56 Å². The fraction of sp³-hybridized carbons (Fsp3) is 0.500. The predicted octanol–water partition coefficient (Wildman–Crippen LogP) is 1.61. The lowest BCUT2D eigenvalue weighted by Crippen LogP contribution is -2.30. The summed E-state index contributed by atoms with van der Waals surface area (Å²) in [4.78, 5) is 13.5. The van der Waals surface area contributed by atoms with Crippen LogP contribution in [0.4, 0.5) is 0 Å². The van der Waals surface area contributed by atoms with E-state index >= 15 is 0 Å². The van der Waals surface area contributed by atoms with Crippen molar-refractivity contribution in [1.29, 1.82) is 0 Å². The van der Waals surface area contributed by atoms with Crippen LogP contribution in [0.5, 0.6) is 0 Å². The molecule has 0 fully saturated rings. The maximum absolute atomic E-state index is 11.8. The van der Waals surface area contributed by atoms with Crippen molar-refractivity contribution in [3.8, 4) is 0 Å². The highest BCUT2D eigenvalue weighted by Crippen LogP contribution is 2.10. The molecule has 1 aromatic heterocycles. The molecule has 0 radical (unpaired) electrons. The van der Waals surface area contributed by atoms with Gasteiger partial charge in [-0.05, 0) is 28.4 Å². The molecule has 1 rings (SSSR count). The van der Waals surface area contributed by atoms with E-state index < -0.39 is 15.6 Å². The van der Waals surface area contributed by atoms with Crippen LogP contribution in [-0.2, 0) is 10.0 Å². The average Bonchev–Trinajstić information content (AvgIpc) is 2.28. The summed E-state index contributed by atoms with van der Waals surface area (Å²) in [5, 5.41) is 0. The molecule has 0 amide bonds. The highest BCUT2D eigenvalue weighted by molar-refractivity contribution is 9.10. The minimum Gasteiger partial charge on any atom is -0.327 e. The summed E-state index contributed by atoms with van der Waals surface area (Å²) in [6.07, 6.45) is 4.14. The first-order chi connectivity index (χ1) is 7.97. The Bertz CT molecular complexity index is 525. The van der Waals surface area contributed by atoms with E-state index in [0.29, 0.717) is 11.0 Å². The third-order valence-electron chi connectivity index (χ3n) is 2.20. The van der Waals surface area contributed by atoms with Crippen molar-refractivity contribution in [3.05, 3.63) is 27.1 Å². The number of sulfonamides is 1. The van der Waals surface area contributed by atoms with E-state index in [-0.39, 0.29) is 4.90 Å². The van der Waals surface area contributed by atoms with Crippen LogP contribution in [0.2, 0.25) is 0 Å². The number of pyridine rings is 1. The summed E-state index contributed by atoms with van der Waals surface area (Å²) < 4.78 is 26.6. The Labute approximate surface area is 109 Å². The summed E-state index contributed by atoms with van der Waals surface area (Å²) in [6.45, 7) is 2.38. The normalized spacial score (nSPS) is 11.6. The van der Waals surface area contributed by atoms with Gasteiger partial charge in [-0.25, -0.2) is 13.1 Å². The van der Waals surface area contributed by atoms with Crippen molar-refractivity contribution in [2.24, 2.45) is 0 Å². The summed E-state index contributed by atoms with van der Waals surface area (Å²) in [5.41, 5.74) is -0.615. The Morgan fingerprint density at radius 1 is 1.41 bits per heavy atom. The Morgan fingerprint density at radius 2 is 2.12 bits per heavy atom. The summed E-state index contributed by atoms with van der Waals surface area (Å²) >= 11 is 3.12. The molecule has 2 N–H and O–H groups in total. The Hall–Kier alpha value is -0.660. The molecule has 96 valence electrons. The SMILES string of the molecule is CCCCCNS(=O)(=O)c1cc(Br)c[nH]c1=O. The molecule has 0 saturated carbocycles. The van der Waals surface area contributed by atoms with Gasteiger partial charge in [0.2, 0.25) is 10.0 Å². The number of nitrogens with one attached hydrogen (secondary N) is 2. The van der Waals surface area contributed by atoms with Gasteiger partial charge in [0, 0.05) is 17.2 Å². The monoisotopic (exact) mass is 322 g/mol. The zero-order valence-corrected chi connectivity index (χ0v) is 11.9. The van der Waals surface area contributed by atoms with E-state index in [1.165, 1.54) is 12.3 Å². The van der Waals surface area contributed by atoms with E-state index in [9.17, 15) is 13.2 Å². The molecule has 1 heterocycles. The minimum atomic E-state index is -3.72. The van der Waals surface area contributed by atoms with Gasteiger partial charge in [0.1, 0.15) is 4.90 Å². The molecule has 0 bridgehead atoms. The van der Waals surface area contributed by atoms with Gasteiger partial charge in [-0.3, -0.25) is 4.79 Å². The van der Waals surface area contributed by atoms with Crippen molar-refractivity contribution in [2.45, 2.75) is 31.1 Å². The van der Waals surface area contributed by atoms with Crippen LogP contribution >= 0.6 is 15.9 Å². The first-order valence-electron chi connectivity index (χ1n) is 5.35. The molecule has 0 aliphatic rings. The first-order valence-corrected chi connectivity index (χ1v) is 7.63. The first kappa shape index (κ1) is 14.4. The second-order valence-corrected chi connectivity index (χ2v) is 6.27. The van der Waals surface area contributed by atoms with E-state index in [1.807, 2.05) is 6.92 Å². The van der Waals surface area contributed by atoms with Crippen LogP contribution in [0.25, 0.3) is 0 Å². The van der Waals surface area contributed by atoms with Gasteiger partial charge in [-0.2, -0.15) is 0 Å². The van der Waals surface area contributed by atoms with Gasteiger partial charge in [0.15, 0.2) is 0 Å². The number of halogens is 1. The fourth-order valence-electron chi connectivity index (χ4n) is 1.30. The Kier molecular flexibility index (Phi) is 5.35. The molecule has 0 saturated heterocycles. The van der Waals surface area contributed by atoms with Crippen LogP contribution in [0, 0.1) is 0 Å². The molecule has 0 spiro atoms. The lowest BCUT2D eigenvalue weighted by Gasteiger charge is -2.05. The van der Waals surface area contributed by atoms with Crippen molar-refractivity contribution >= 4 is 26.0 Å². The number of H-pyrrole nitrogens is 1. The fourth-order valence-corrected chi connectivity index (χ4v) is 2.95. The smallest absolute Gasteiger partial charge is 0.268 e. The van der Waals surface area contributed by atoms with Crippen molar-refractivity contribution < 1.29 is 8.42 Å². The van der Waals surface area contributed by atoms with Crippen molar-refractivity contribution in [2.75, 3.05) is 6.54 Å². The number of hydrogen-bond donors (Lipinski definition) is 2. The maximum atomic E-state index is 11.8. The third kappa shape index (κ3) is 4.25. The van der Waals surface area contributed by atoms with Crippen LogP contribution in [0.3, 0.4) is 0 Å². The van der Waals surface area contributed by atoms with E-state index in [2.05, 4.69) is 25.6 Å². The topological polar surface area (TPSA) is 79.0 Å². The molecule has 0 aliphatic carbocycles. The third-order valence-corrected chi connectivity index (χ3v) is 4.12. The van der Waals surface area contributed by atoms with Crippen LogP contribution in [0.15, 0.2) is 26.4 Å². The largest absolute Gasteiger partial charge is 0.327 e. The molecule has 0 atom stereocenters. The quantitative estimate of drug-likeness (QED) is 0.781. The predicted molar refractivity (Wildman–Crippen MR) is 69.5 cm³/mol. The lowest BCUT2D eigenvalue weighted by molar-refractivity contribution is 0.574. The average molecular weight is 323 g/mol. The number of rotatable bonds is 6. The number of aromatic nitrogens is 1. The second kappa shape index (κ2) is 6.32.